The fourth-order valence-corrected chi connectivity index (χ4v) is 3.71. The molecule has 1 N–H and O–H groups in total. The van der Waals surface area contributed by atoms with Crippen molar-refractivity contribution in [2.24, 2.45) is 11.8 Å². The maximum atomic E-state index is 12.3. The number of hydrogen-bond donors (Lipinski definition) is 1. The zero-order chi connectivity index (χ0) is 16.2. The Balaban J connectivity index is 1.49. The topological polar surface area (TPSA) is 69.7 Å². The van der Waals surface area contributed by atoms with Crippen molar-refractivity contribution in [1.29, 1.82) is 0 Å². The zero-order valence-electron chi connectivity index (χ0n) is 13.6. The van der Waals surface area contributed by atoms with Gasteiger partial charge in [-0.1, -0.05) is 13.8 Å². The number of nitrogens with one attached hydrogen (secondary N) is 1. The van der Waals surface area contributed by atoms with Gasteiger partial charge >= 0.3 is 0 Å². The molecular weight excluding hydrogens is 316 g/mol. The summed E-state index contributed by atoms with van der Waals surface area (Å²) in [5.74, 6) is 0.928. The first kappa shape index (κ1) is 16.8. The molecule has 128 valence electrons. The highest BCUT2D eigenvalue weighted by molar-refractivity contribution is 7.13. The Morgan fingerprint density at radius 3 is 2.87 bits per heavy atom. The number of nitrogens with zero attached hydrogens (tertiary/aromatic N) is 1. The van der Waals surface area contributed by atoms with Gasteiger partial charge in [0.1, 0.15) is 9.88 Å². The van der Waals surface area contributed by atoms with E-state index in [9.17, 15) is 4.79 Å². The number of carbonyl (C=O) groups is 1. The summed E-state index contributed by atoms with van der Waals surface area (Å²) >= 11 is 1.33. The molecule has 1 aromatic heterocycles. The average molecular weight is 340 g/mol. The van der Waals surface area contributed by atoms with Gasteiger partial charge in [-0.15, -0.1) is 11.3 Å². The van der Waals surface area contributed by atoms with Gasteiger partial charge in [0.25, 0.3) is 5.91 Å². The summed E-state index contributed by atoms with van der Waals surface area (Å²) in [6.45, 7) is 6.98. The number of carbonyl (C=O) groups excluding carboxylic acids is 1. The van der Waals surface area contributed by atoms with E-state index in [1.807, 2.05) is 0 Å². The molecule has 3 heterocycles. The summed E-state index contributed by atoms with van der Waals surface area (Å²) in [7, 11) is 0. The summed E-state index contributed by atoms with van der Waals surface area (Å²) in [6.07, 6.45) is 3.50. The predicted octanol–water partition coefficient (Wildman–Crippen LogP) is 2.37. The maximum absolute atomic E-state index is 12.3. The minimum Gasteiger partial charge on any atom is -0.378 e. The molecule has 3 rings (SSSR count). The van der Waals surface area contributed by atoms with Crippen molar-refractivity contribution in [2.45, 2.75) is 39.1 Å². The normalized spacial score (nSPS) is 25.9. The predicted molar refractivity (Wildman–Crippen MR) is 86.4 cm³/mol. The van der Waals surface area contributed by atoms with Crippen LogP contribution in [0.1, 0.15) is 47.7 Å². The molecule has 2 atom stereocenters. The van der Waals surface area contributed by atoms with Gasteiger partial charge in [-0.05, 0) is 24.7 Å². The lowest BCUT2D eigenvalue weighted by Gasteiger charge is -2.31. The van der Waals surface area contributed by atoms with Crippen molar-refractivity contribution < 1.29 is 19.0 Å². The van der Waals surface area contributed by atoms with Gasteiger partial charge in [0, 0.05) is 13.2 Å². The first-order chi connectivity index (χ1) is 11.1. The third kappa shape index (κ3) is 4.29. The Kier molecular flexibility index (Phi) is 5.63. The SMILES string of the molecule is CC(C)[C@H]1C[C@H](CNC(=O)c2cnc(C3OCCO3)s2)CCO1. The van der Waals surface area contributed by atoms with Crippen molar-refractivity contribution in [1.82, 2.24) is 10.3 Å². The number of hydrogen-bond acceptors (Lipinski definition) is 6. The van der Waals surface area contributed by atoms with Crippen molar-refractivity contribution in [2.75, 3.05) is 26.4 Å². The van der Waals surface area contributed by atoms with Gasteiger partial charge < -0.3 is 19.5 Å². The molecule has 0 aromatic carbocycles. The number of ether oxygens (including phenoxy) is 3. The second-order valence-electron chi connectivity index (χ2n) is 6.39. The highest BCUT2D eigenvalue weighted by Crippen LogP contribution is 2.27. The van der Waals surface area contributed by atoms with Crippen LogP contribution in [0.3, 0.4) is 0 Å². The maximum Gasteiger partial charge on any atom is 0.263 e. The second-order valence-corrected chi connectivity index (χ2v) is 7.45. The van der Waals surface area contributed by atoms with E-state index in [0.29, 0.717) is 47.6 Å². The molecule has 2 fully saturated rings. The number of rotatable bonds is 5. The first-order valence-corrected chi connectivity index (χ1v) is 9.04. The van der Waals surface area contributed by atoms with Crippen molar-refractivity contribution >= 4 is 17.2 Å². The van der Waals surface area contributed by atoms with Gasteiger partial charge in [0.15, 0.2) is 0 Å². The molecule has 7 heteroatoms. The molecule has 0 unspecified atom stereocenters. The standard InChI is InChI=1S/C16H24N2O4S/c1-10(2)12-7-11(3-4-20-12)8-17-14(19)13-9-18-15(23-13)16-21-5-6-22-16/h9-12,16H,3-8H2,1-2H3,(H,17,19)/t11-,12-/m1/s1. The van der Waals surface area contributed by atoms with Gasteiger partial charge in [0.2, 0.25) is 6.29 Å². The summed E-state index contributed by atoms with van der Waals surface area (Å²) in [6, 6.07) is 0. The molecular formula is C16H24N2O4S. The van der Waals surface area contributed by atoms with Crippen LogP contribution in [0.15, 0.2) is 6.20 Å². The van der Waals surface area contributed by atoms with E-state index in [1.165, 1.54) is 11.3 Å². The van der Waals surface area contributed by atoms with Crippen LogP contribution in [-0.4, -0.2) is 43.4 Å². The molecule has 0 saturated carbocycles. The molecule has 23 heavy (non-hydrogen) atoms. The number of thiazole rings is 1. The van der Waals surface area contributed by atoms with E-state index in [2.05, 4.69) is 24.1 Å². The van der Waals surface area contributed by atoms with Gasteiger partial charge in [-0.25, -0.2) is 4.98 Å². The van der Waals surface area contributed by atoms with Crippen LogP contribution in [0.4, 0.5) is 0 Å². The van der Waals surface area contributed by atoms with E-state index in [-0.39, 0.29) is 5.91 Å². The summed E-state index contributed by atoms with van der Waals surface area (Å²) < 4.78 is 16.6. The summed E-state index contributed by atoms with van der Waals surface area (Å²) in [4.78, 5) is 17.1. The lowest BCUT2D eigenvalue weighted by Crippen LogP contribution is -2.36. The van der Waals surface area contributed by atoms with Gasteiger partial charge in [0.05, 0.1) is 25.5 Å². The van der Waals surface area contributed by atoms with E-state index in [1.54, 1.807) is 6.20 Å². The molecule has 0 spiro atoms. The monoisotopic (exact) mass is 340 g/mol. The van der Waals surface area contributed by atoms with Gasteiger partial charge in [-0.3, -0.25) is 4.79 Å². The Morgan fingerprint density at radius 1 is 1.35 bits per heavy atom. The average Bonchev–Trinajstić information content (AvgIpc) is 3.23. The molecule has 2 saturated heterocycles. The Hall–Kier alpha value is -1.02. The lowest BCUT2D eigenvalue weighted by atomic mass is 9.90. The summed E-state index contributed by atoms with van der Waals surface area (Å²) in [5, 5.41) is 3.73. The van der Waals surface area contributed by atoms with Crippen LogP contribution in [0.2, 0.25) is 0 Å². The van der Waals surface area contributed by atoms with Crippen LogP contribution in [-0.2, 0) is 14.2 Å². The number of amides is 1. The fraction of sp³-hybridized carbons (Fsp3) is 0.750. The van der Waals surface area contributed by atoms with Gasteiger partial charge in [-0.2, -0.15) is 0 Å². The number of aromatic nitrogens is 1. The van der Waals surface area contributed by atoms with E-state index >= 15 is 0 Å². The minimum atomic E-state index is -0.413. The fourth-order valence-electron chi connectivity index (χ4n) is 2.88. The van der Waals surface area contributed by atoms with Crippen LogP contribution >= 0.6 is 11.3 Å². The molecule has 6 nitrogen and oxygen atoms in total. The second kappa shape index (κ2) is 7.70. The van der Waals surface area contributed by atoms with E-state index in [0.717, 1.165) is 19.4 Å². The molecule has 1 aromatic rings. The van der Waals surface area contributed by atoms with Crippen molar-refractivity contribution in [3.05, 3.63) is 16.1 Å². The third-order valence-electron chi connectivity index (χ3n) is 4.29. The van der Waals surface area contributed by atoms with Crippen LogP contribution < -0.4 is 5.32 Å². The molecule has 2 aliphatic rings. The largest absolute Gasteiger partial charge is 0.378 e. The Morgan fingerprint density at radius 2 is 2.13 bits per heavy atom. The zero-order valence-corrected chi connectivity index (χ0v) is 14.4. The Bertz CT molecular complexity index is 528. The molecule has 2 aliphatic heterocycles. The van der Waals surface area contributed by atoms with Crippen molar-refractivity contribution in [3.8, 4) is 0 Å². The quantitative estimate of drug-likeness (QED) is 0.891. The van der Waals surface area contributed by atoms with Crippen LogP contribution in [0.5, 0.6) is 0 Å². The third-order valence-corrected chi connectivity index (χ3v) is 5.31. The highest BCUT2D eigenvalue weighted by Gasteiger charge is 2.26. The smallest absolute Gasteiger partial charge is 0.263 e. The van der Waals surface area contributed by atoms with Crippen LogP contribution in [0, 0.1) is 11.8 Å². The summed E-state index contributed by atoms with van der Waals surface area (Å²) in [5.41, 5.74) is 0. The molecule has 0 radical (unpaired) electrons. The van der Waals surface area contributed by atoms with Crippen molar-refractivity contribution in [3.63, 3.8) is 0 Å². The molecule has 1 amide bonds. The Labute approximate surface area is 140 Å². The highest BCUT2D eigenvalue weighted by atomic mass is 32.1. The first-order valence-electron chi connectivity index (χ1n) is 8.22. The lowest BCUT2D eigenvalue weighted by molar-refractivity contribution is -0.0442. The van der Waals surface area contributed by atoms with Crippen LogP contribution in [0.25, 0.3) is 0 Å². The molecule has 0 bridgehead atoms. The minimum absolute atomic E-state index is 0.0701. The van der Waals surface area contributed by atoms with E-state index in [4.69, 9.17) is 14.2 Å². The molecule has 0 aliphatic carbocycles. The van der Waals surface area contributed by atoms with E-state index < -0.39 is 6.29 Å².